The van der Waals surface area contributed by atoms with E-state index in [1.54, 1.807) is 0 Å². The van der Waals surface area contributed by atoms with Gasteiger partial charge in [0.25, 0.3) is 0 Å². The molecule has 18 heavy (non-hydrogen) atoms. The zero-order valence-corrected chi connectivity index (χ0v) is 10.1. The molecule has 0 fully saturated rings. The summed E-state index contributed by atoms with van der Waals surface area (Å²) in [6, 6.07) is 16.6. The molecule has 0 bridgehead atoms. The van der Waals surface area contributed by atoms with E-state index in [-0.39, 0.29) is 5.41 Å². The van der Waals surface area contributed by atoms with Gasteiger partial charge in [0, 0.05) is 11.0 Å². The highest BCUT2D eigenvalue weighted by molar-refractivity contribution is 6.05. The zero-order chi connectivity index (χ0) is 12.2. The summed E-state index contributed by atoms with van der Waals surface area (Å²) >= 11 is 0. The number of Topliss-reactive ketones (excluding diaryl/α,β-unsaturated/α-hetero) is 1. The Morgan fingerprint density at radius 1 is 0.722 bits per heavy atom. The van der Waals surface area contributed by atoms with Gasteiger partial charge in [-0.05, 0) is 36.0 Å². The van der Waals surface area contributed by atoms with Crippen molar-refractivity contribution in [2.75, 3.05) is 0 Å². The highest BCUT2D eigenvalue weighted by atomic mass is 16.1. The third-order valence-electron chi connectivity index (χ3n) is 4.45. The summed E-state index contributed by atoms with van der Waals surface area (Å²) in [5, 5.41) is 0. The first kappa shape index (κ1) is 10.1. The Hall–Kier alpha value is -1.89. The van der Waals surface area contributed by atoms with Crippen LogP contribution in [0.25, 0.3) is 0 Å². The summed E-state index contributed by atoms with van der Waals surface area (Å²) in [6.45, 7) is 0. The van der Waals surface area contributed by atoms with E-state index in [2.05, 4.69) is 30.3 Å². The number of ketones is 1. The first-order valence-corrected chi connectivity index (χ1v) is 6.48. The number of carbonyl (C=O) groups excluding carboxylic acids is 1. The Kier molecular flexibility index (Phi) is 1.86. The van der Waals surface area contributed by atoms with Crippen LogP contribution in [0.1, 0.15) is 27.0 Å². The Morgan fingerprint density at radius 2 is 1.22 bits per heavy atom. The molecule has 4 rings (SSSR count). The molecule has 1 spiro atoms. The molecule has 0 heterocycles. The number of hydrogen-bond donors (Lipinski definition) is 0. The predicted octanol–water partition coefficient (Wildman–Crippen LogP) is 3.21. The highest BCUT2D eigenvalue weighted by Crippen LogP contribution is 2.46. The van der Waals surface area contributed by atoms with Crippen molar-refractivity contribution in [3.63, 3.8) is 0 Å². The molecule has 0 aromatic heterocycles. The largest absolute Gasteiger partial charge is 0.294 e. The van der Waals surface area contributed by atoms with E-state index >= 15 is 0 Å². The molecule has 2 aromatic carbocycles. The quantitative estimate of drug-likeness (QED) is 0.684. The van der Waals surface area contributed by atoms with Crippen LogP contribution < -0.4 is 0 Å². The monoisotopic (exact) mass is 234 g/mol. The average molecular weight is 234 g/mol. The van der Waals surface area contributed by atoms with E-state index in [4.69, 9.17) is 0 Å². The van der Waals surface area contributed by atoms with E-state index in [1.165, 1.54) is 16.7 Å². The molecule has 0 atom stereocenters. The van der Waals surface area contributed by atoms with Crippen molar-refractivity contribution in [3.8, 4) is 0 Å². The zero-order valence-electron chi connectivity index (χ0n) is 10.1. The van der Waals surface area contributed by atoms with Crippen molar-refractivity contribution in [1.29, 1.82) is 0 Å². The van der Waals surface area contributed by atoms with E-state index in [0.717, 1.165) is 24.8 Å². The second-order valence-electron chi connectivity index (χ2n) is 5.57. The molecule has 0 saturated heterocycles. The fourth-order valence-electron chi connectivity index (χ4n) is 3.61. The molecule has 88 valence electrons. The first-order valence-electron chi connectivity index (χ1n) is 6.48. The van der Waals surface area contributed by atoms with Crippen LogP contribution in [0.4, 0.5) is 0 Å². The van der Waals surface area contributed by atoms with Gasteiger partial charge in [-0.2, -0.15) is 0 Å². The van der Waals surface area contributed by atoms with E-state index < -0.39 is 0 Å². The smallest absolute Gasteiger partial charge is 0.170 e. The van der Waals surface area contributed by atoms with Crippen LogP contribution in [0, 0.1) is 5.41 Å². The lowest BCUT2D eigenvalue weighted by Crippen LogP contribution is -2.28. The van der Waals surface area contributed by atoms with Crippen molar-refractivity contribution in [2.24, 2.45) is 5.41 Å². The summed E-state index contributed by atoms with van der Waals surface area (Å²) in [7, 11) is 0. The number of carbonyl (C=O) groups is 1. The van der Waals surface area contributed by atoms with Crippen molar-refractivity contribution in [3.05, 3.63) is 70.8 Å². The van der Waals surface area contributed by atoms with Crippen molar-refractivity contribution in [1.82, 2.24) is 0 Å². The minimum absolute atomic E-state index is 0.173. The predicted molar refractivity (Wildman–Crippen MR) is 70.8 cm³/mol. The van der Waals surface area contributed by atoms with Crippen LogP contribution in [0.3, 0.4) is 0 Å². The molecule has 2 aliphatic carbocycles. The molecule has 0 amide bonds. The lowest BCUT2D eigenvalue weighted by molar-refractivity contribution is 0.0831. The van der Waals surface area contributed by atoms with Gasteiger partial charge in [0.05, 0.1) is 0 Å². The fraction of sp³-hybridized carbons (Fsp3) is 0.235. The number of benzene rings is 2. The molecule has 2 aliphatic rings. The van der Waals surface area contributed by atoms with Crippen molar-refractivity contribution >= 4 is 5.78 Å². The first-order chi connectivity index (χ1) is 8.78. The Bertz CT molecular complexity index is 624. The lowest BCUT2D eigenvalue weighted by Gasteiger charge is -2.20. The van der Waals surface area contributed by atoms with Gasteiger partial charge in [-0.15, -0.1) is 0 Å². The summed E-state index contributed by atoms with van der Waals surface area (Å²) in [4.78, 5) is 12.7. The maximum Gasteiger partial charge on any atom is 0.170 e. The van der Waals surface area contributed by atoms with Crippen LogP contribution in [-0.2, 0) is 19.3 Å². The second kappa shape index (κ2) is 3.32. The molecule has 0 radical (unpaired) electrons. The van der Waals surface area contributed by atoms with Crippen LogP contribution in [0.2, 0.25) is 0 Å². The van der Waals surface area contributed by atoms with Crippen molar-refractivity contribution < 1.29 is 4.79 Å². The standard InChI is InChI=1S/C17H14O/c18-16-15-8-4-3-7-14(15)11-17(16)9-12-5-1-2-6-13(12)10-17/h1-8H,9-11H2. The third-order valence-corrected chi connectivity index (χ3v) is 4.45. The van der Waals surface area contributed by atoms with Gasteiger partial charge >= 0.3 is 0 Å². The SMILES string of the molecule is O=C1c2ccccc2CC12Cc1ccccc1C2. The summed E-state index contributed by atoms with van der Waals surface area (Å²) in [5.41, 5.74) is 4.73. The van der Waals surface area contributed by atoms with Gasteiger partial charge in [-0.25, -0.2) is 0 Å². The Labute approximate surface area is 106 Å². The Balaban J connectivity index is 1.81. The van der Waals surface area contributed by atoms with Gasteiger partial charge in [-0.1, -0.05) is 48.5 Å². The highest BCUT2D eigenvalue weighted by Gasteiger charge is 2.48. The molecule has 1 nitrogen and oxygen atoms in total. The molecule has 0 aliphatic heterocycles. The van der Waals surface area contributed by atoms with Gasteiger partial charge < -0.3 is 0 Å². The normalized spacial score (nSPS) is 19.0. The number of fused-ring (bicyclic) bond motifs is 2. The molecular formula is C17H14O. The minimum atomic E-state index is -0.173. The molecule has 0 saturated carbocycles. The van der Waals surface area contributed by atoms with Crippen LogP contribution in [-0.4, -0.2) is 5.78 Å². The summed E-state index contributed by atoms with van der Waals surface area (Å²) < 4.78 is 0. The van der Waals surface area contributed by atoms with Gasteiger partial charge in [0.2, 0.25) is 0 Å². The van der Waals surface area contributed by atoms with E-state index in [1.807, 2.05) is 18.2 Å². The molecule has 0 unspecified atom stereocenters. The second-order valence-corrected chi connectivity index (χ2v) is 5.57. The van der Waals surface area contributed by atoms with Gasteiger partial charge in [0.1, 0.15) is 0 Å². The summed E-state index contributed by atoms with van der Waals surface area (Å²) in [5.74, 6) is 0.356. The van der Waals surface area contributed by atoms with Gasteiger partial charge in [0.15, 0.2) is 5.78 Å². The van der Waals surface area contributed by atoms with E-state index in [9.17, 15) is 4.79 Å². The van der Waals surface area contributed by atoms with E-state index in [0.29, 0.717) is 5.78 Å². The number of rotatable bonds is 0. The molecular weight excluding hydrogens is 220 g/mol. The van der Waals surface area contributed by atoms with Crippen molar-refractivity contribution in [2.45, 2.75) is 19.3 Å². The molecule has 2 aromatic rings. The van der Waals surface area contributed by atoms with Crippen LogP contribution >= 0.6 is 0 Å². The maximum atomic E-state index is 12.7. The maximum absolute atomic E-state index is 12.7. The fourth-order valence-corrected chi connectivity index (χ4v) is 3.61. The summed E-state index contributed by atoms with van der Waals surface area (Å²) in [6.07, 6.45) is 2.74. The lowest BCUT2D eigenvalue weighted by atomic mass is 9.81. The van der Waals surface area contributed by atoms with Crippen LogP contribution in [0.5, 0.6) is 0 Å². The molecule has 0 N–H and O–H groups in total. The number of hydrogen-bond acceptors (Lipinski definition) is 1. The topological polar surface area (TPSA) is 17.1 Å². The minimum Gasteiger partial charge on any atom is -0.294 e. The average Bonchev–Trinajstić information content (AvgIpc) is 2.89. The van der Waals surface area contributed by atoms with Crippen LogP contribution in [0.15, 0.2) is 48.5 Å². The molecule has 1 heteroatoms. The van der Waals surface area contributed by atoms with Gasteiger partial charge in [-0.3, -0.25) is 4.79 Å². The third kappa shape index (κ3) is 1.19. The Morgan fingerprint density at radius 3 is 1.83 bits per heavy atom.